The Morgan fingerprint density at radius 3 is 3.00 bits per heavy atom. The number of fused-ring (bicyclic) bond motifs is 1. The molecule has 5 nitrogen and oxygen atoms in total. The molecule has 1 aromatic carbocycles. The topological polar surface area (TPSA) is 65.1 Å². The van der Waals surface area contributed by atoms with Crippen LogP contribution in [0.2, 0.25) is 0 Å². The fraction of sp³-hybridized carbons (Fsp3) is 0.462. The zero-order valence-corrected chi connectivity index (χ0v) is 10.9. The molecule has 0 bridgehead atoms. The van der Waals surface area contributed by atoms with Gasteiger partial charge in [-0.1, -0.05) is 6.07 Å². The summed E-state index contributed by atoms with van der Waals surface area (Å²) in [4.78, 5) is 4.60. The summed E-state index contributed by atoms with van der Waals surface area (Å²) in [7, 11) is 1.69. The monoisotopic (exact) mass is 248 g/mol. The fourth-order valence-electron chi connectivity index (χ4n) is 2.00. The second kappa shape index (κ2) is 5.84. The van der Waals surface area contributed by atoms with Crippen LogP contribution in [0.25, 0.3) is 11.0 Å². The third kappa shape index (κ3) is 2.63. The second-order valence-corrected chi connectivity index (χ2v) is 4.29. The number of aromatic nitrogens is 2. The maximum Gasteiger partial charge on any atom is 0.204 e. The summed E-state index contributed by atoms with van der Waals surface area (Å²) in [5, 5.41) is 3.28. The fourth-order valence-corrected chi connectivity index (χ4v) is 2.00. The van der Waals surface area contributed by atoms with Crippen molar-refractivity contribution in [3.8, 4) is 0 Å². The first-order valence-corrected chi connectivity index (χ1v) is 6.16. The predicted molar refractivity (Wildman–Crippen MR) is 73.9 cm³/mol. The number of hydrogen-bond donors (Lipinski definition) is 2. The highest BCUT2D eigenvalue weighted by atomic mass is 16.5. The Morgan fingerprint density at radius 1 is 1.44 bits per heavy atom. The number of hydrogen-bond acceptors (Lipinski definition) is 4. The van der Waals surface area contributed by atoms with Gasteiger partial charge in [0.15, 0.2) is 0 Å². The summed E-state index contributed by atoms with van der Waals surface area (Å²) >= 11 is 0. The van der Waals surface area contributed by atoms with Crippen LogP contribution < -0.4 is 11.1 Å². The van der Waals surface area contributed by atoms with Crippen LogP contribution in [0, 0.1) is 6.92 Å². The van der Waals surface area contributed by atoms with Crippen LogP contribution in [0.15, 0.2) is 18.2 Å². The van der Waals surface area contributed by atoms with E-state index in [9.17, 15) is 0 Å². The summed E-state index contributed by atoms with van der Waals surface area (Å²) < 4.78 is 7.15. The van der Waals surface area contributed by atoms with E-state index in [0.29, 0.717) is 13.2 Å². The summed E-state index contributed by atoms with van der Waals surface area (Å²) in [6.07, 6.45) is 0. The van der Waals surface area contributed by atoms with Crippen molar-refractivity contribution in [2.45, 2.75) is 13.5 Å². The van der Waals surface area contributed by atoms with E-state index in [0.717, 1.165) is 30.1 Å². The van der Waals surface area contributed by atoms with Crippen molar-refractivity contribution in [1.82, 2.24) is 9.55 Å². The maximum atomic E-state index is 5.66. The normalized spacial score (nSPS) is 11.1. The van der Waals surface area contributed by atoms with Crippen molar-refractivity contribution in [3.05, 3.63) is 23.8 Å². The number of nitrogens with one attached hydrogen (secondary N) is 1. The van der Waals surface area contributed by atoms with Gasteiger partial charge in [0.1, 0.15) is 0 Å². The second-order valence-electron chi connectivity index (χ2n) is 4.29. The van der Waals surface area contributed by atoms with Gasteiger partial charge in [0, 0.05) is 26.7 Å². The molecule has 3 N–H and O–H groups in total. The minimum atomic E-state index is 0.596. The smallest absolute Gasteiger partial charge is 0.204 e. The molecule has 0 saturated heterocycles. The molecule has 0 radical (unpaired) electrons. The quantitative estimate of drug-likeness (QED) is 0.758. The minimum absolute atomic E-state index is 0.596. The molecule has 0 aliphatic carbocycles. The number of benzene rings is 1. The highest BCUT2D eigenvalue weighted by Crippen LogP contribution is 2.20. The van der Waals surface area contributed by atoms with Gasteiger partial charge >= 0.3 is 0 Å². The van der Waals surface area contributed by atoms with Gasteiger partial charge in [0.2, 0.25) is 5.95 Å². The van der Waals surface area contributed by atoms with Gasteiger partial charge in [-0.05, 0) is 24.6 Å². The molecule has 0 amide bonds. The summed E-state index contributed by atoms with van der Waals surface area (Å²) in [5.74, 6) is 0.859. The van der Waals surface area contributed by atoms with Crippen LogP contribution in [0.3, 0.4) is 0 Å². The standard InChI is InChI=1S/C13H20N4O/c1-10-3-4-12-11(9-10)16-13(15-6-8-18-2)17(12)7-5-14/h3-4,9H,5-8,14H2,1-2H3,(H,15,16). The minimum Gasteiger partial charge on any atom is -0.383 e. The summed E-state index contributed by atoms with van der Waals surface area (Å²) in [6, 6.07) is 6.27. The van der Waals surface area contributed by atoms with E-state index in [1.807, 2.05) is 0 Å². The molecule has 18 heavy (non-hydrogen) atoms. The van der Waals surface area contributed by atoms with Crippen LogP contribution in [0.5, 0.6) is 0 Å². The third-order valence-corrected chi connectivity index (χ3v) is 2.85. The first-order valence-electron chi connectivity index (χ1n) is 6.16. The van der Waals surface area contributed by atoms with Crippen LogP contribution >= 0.6 is 0 Å². The van der Waals surface area contributed by atoms with Crippen molar-refractivity contribution >= 4 is 17.0 Å². The van der Waals surface area contributed by atoms with E-state index in [2.05, 4.69) is 40.0 Å². The average molecular weight is 248 g/mol. The van der Waals surface area contributed by atoms with E-state index in [1.165, 1.54) is 5.56 Å². The van der Waals surface area contributed by atoms with Crippen molar-refractivity contribution in [2.24, 2.45) is 5.73 Å². The Kier molecular flexibility index (Phi) is 4.17. The van der Waals surface area contributed by atoms with E-state index >= 15 is 0 Å². The van der Waals surface area contributed by atoms with E-state index in [-0.39, 0.29) is 0 Å². The van der Waals surface area contributed by atoms with Gasteiger partial charge in [-0.3, -0.25) is 0 Å². The molecular formula is C13H20N4O. The van der Waals surface area contributed by atoms with E-state index in [1.54, 1.807) is 7.11 Å². The van der Waals surface area contributed by atoms with Gasteiger partial charge in [0.25, 0.3) is 0 Å². The van der Waals surface area contributed by atoms with Crippen LogP contribution in [0.1, 0.15) is 5.56 Å². The molecule has 0 atom stereocenters. The molecule has 1 heterocycles. The molecule has 0 saturated carbocycles. The number of imidazole rings is 1. The van der Waals surface area contributed by atoms with Gasteiger partial charge in [-0.15, -0.1) is 0 Å². The lowest BCUT2D eigenvalue weighted by Crippen LogP contribution is -2.16. The Labute approximate surface area is 107 Å². The molecule has 98 valence electrons. The number of nitrogens with zero attached hydrogens (tertiary/aromatic N) is 2. The zero-order chi connectivity index (χ0) is 13.0. The van der Waals surface area contributed by atoms with Crippen LogP contribution in [-0.2, 0) is 11.3 Å². The molecule has 0 aliphatic heterocycles. The van der Waals surface area contributed by atoms with Crippen molar-refractivity contribution in [1.29, 1.82) is 0 Å². The number of methoxy groups -OCH3 is 1. The zero-order valence-electron chi connectivity index (χ0n) is 10.9. The largest absolute Gasteiger partial charge is 0.383 e. The highest BCUT2D eigenvalue weighted by Gasteiger charge is 2.09. The first kappa shape index (κ1) is 12.9. The Balaban J connectivity index is 2.34. The first-order chi connectivity index (χ1) is 8.76. The maximum absolute atomic E-state index is 5.66. The van der Waals surface area contributed by atoms with E-state index in [4.69, 9.17) is 10.5 Å². The van der Waals surface area contributed by atoms with Gasteiger partial charge in [-0.25, -0.2) is 4.98 Å². The van der Waals surface area contributed by atoms with Gasteiger partial charge < -0.3 is 20.4 Å². The number of nitrogens with two attached hydrogens (primary N) is 1. The molecule has 0 fully saturated rings. The lowest BCUT2D eigenvalue weighted by molar-refractivity contribution is 0.210. The highest BCUT2D eigenvalue weighted by molar-refractivity contribution is 5.79. The number of anilines is 1. The lowest BCUT2D eigenvalue weighted by atomic mass is 10.2. The lowest BCUT2D eigenvalue weighted by Gasteiger charge is -2.09. The molecule has 0 aliphatic rings. The van der Waals surface area contributed by atoms with Gasteiger partial charge in [-0.2, -0.15) is 0 Å². The molecular weight excluding hydrogens is 228 g/mol. The molecule has 2 aromatic rings. The van der Waals surface area contributed by atoms with Gasteiger partial charge in [0.05, 0.1) is 17.6 Å². The van der Waals surface area contributed by atoms with Crippen molar-refractivity contribution in [3.63, 3.8) is 0 Å². The molecule has 0 spiro atoms. The van der Waals surface area contributed by atoms with E-state index < -0.39 is 0 Å². The SMILES string of the molecule is COCCNc1nc2cc(C)ccc2n1CCN. The number of rotatable bonds is 6. The average Bonchev–Trinajstić information content (AvgIpc) is 2.68. The Hall–Kier alpha value is -1.59. The number of ether oxygens (including phenoxy) is 1. The number of aryl methyl sites for hydroxylation is 1. The molecule has 2 rings (SSSR count). The van der Waals surface area contributed by atoms with Crippen molar-refractivity contribution < 1.29 is 4.74 Å². The molecule has 1 aromatic heterocycles. The van der Waals surface area contributed by atoms with Crippen molar-refractivity contribution in [2.75, 3.05) is 32.1 Å². The van der Waals surface area contributed by atoms with Crippen LogP contribution in [-0.4, -0.2) is 36.4 Å². The Morgan fingerprint density at radius 2 is 2.28 bits per heavy atom. The molecule has 5 heteroatoms. The summed E-state index contributed by atoms with van der Waals surface area (Å²) in [6.45, 7) is 4.82. The Bertz CT molecular complexity index is 521. The van der Waals surface area contributed by atoms with Crippen LogP contribution in [0.4, 0.5) is 5.95 Å². The predicted octanol–water partition coefficient (Wildman–Crippen LogP) is 1.36. The molecule has 0 unspecified atom stereocenters. The summed E-state index contributed by atoms with van der Waals surface area (Å²) in [5.41, 5.74) is 8.99. The third-order valence-electron chi connectivity index (χ3n) is 2.85.